The van der Waals surface area contributed by atoms with Gasteiger partial charge in [0.1, 0.15) is 0 Å². The number of benzene rings is 2. The van der Waals surface area contributed by atoms with Crippen LogP contribution in [-0.2, 0) is 17.6 Å². The van der Waals surface area contributed by atoms with Crippen LogP contribution in [0, 0.1) is 11.6 Å². The lowest BCUT2D eigenvalue weighted by Crippen LogP contribution is -2.12. The minimum atomic E-state index is -4.49. The molecule has 0 amide bonds. The number of fused-ring (bicyclic) bond motifs is 2. The molecule has 0 aliphatic rings. The summed E-state index contributed by atoms with van der Waals surface area (Å²) in [5, 5.41) is -0.0681. The van der Waals surface area contributed by atoms with Gasteiger partial charge in [0.05, 0.1) is 38.0 Å². The van der Waals surface area contributed by atoms with Gasteiger partial charge in [0.15, 0.2) is 22.8 Å². The van der Waals surface area contributed by atoms with Gasteiger partial charge in [0.2, 0.25) is 0 Å². The molecule has 0 spiro atoms. The fourth-order valence-corrected chi connectivity index (χ4v) is 3.86. The van der Waals surface area contributed by atoms with Crippen molar-refractivity contribution in [3.05, 3.63) is 69.6 Å². The average molecular weight is 592 g/mol. The van der Waals surface area contributed by atoms with E-state index >= 15 is 0 Å². The monoisotopic (exact) mass is 591 g/mol. The molecule has 0 saturated heterocycles. The van der Waals surface area contributed by atoms with Gasteiger partial charge in [-0.05, 0) is 24.3 Å². The van der Waals surface area contributed by atoms with E-state index < -0.39 is 42.8 Å². The van der Waals surface area contributed by atoms with E-state index in [4.69, 9.17) is 8.83 Å². The maximum absolute atomic E-state index is 13.5. The number of hydrogen-bond donors (Lipinski definition) is 0. The van der Waals surface area contributed by atoms with E-state index in [1.165, 1.54) is 6.07 Å². The summed E-state index contributed by atoms with van der Waals surface area (Å²) in [5.74, 6) is -2.36. The second-order valence-electron chi connectivity index (χ2n) is 7.13. The number of carbonyl (C=O) groups excluding carboxylic acids is 1. The van der Waals surface area contributed by atoms with Crippen molar-refractivity contribution in [2.75, 3.05) is 7.11 Å². The number of alkyl halides is 6. The normalized spacial score (nSPS) is 11.7. The molecule has 0 bridgehead atoms. The smallest absolute Gasteiger partial charge is 0.393 e. The van der Waals surface area contributed by atoms with Gasteiger partial charge >= 0.3 is 18.3 Å². The summed E-state index contributed by atoms with van der Waals surface area (Å²) < 4.78 is 115. The van der Waals surface area contributed by atoms with Crippen LogP contribution in [-0.4, -0.2) is 25.4 Å². The van der Waals surface area contributed by atoms with Gasteiger partial charge in [-0.1, -0.05) is 23.4 Å². The van der Waals surface area contributed by atoms with Crippen LogP contribution in [0.15, 0.2) is 50.1 Å². The number of esters is 1. The lowest BCUT2D eigenvalue weighted by molar-refractivity contribution is -0.128. The van der Waals surface area contributed by atoms with Crippen LogP contribution >= 0.6 is 15.9 Å². The van der Waals surface area contributed by atoms with E-state index in [0.29, 0.717) is 4.47 Å². The minimum absolute atomic E-state index is 0. The van der Waals surface area contributed by atoms with E-state index in [9.17, 15) is 39.9 Å². The SMILES string of the molecule is C.COC(=O)c1ccc(F)c2occ(CC(F)(F)F)c12.Fc1ccc(Br)c2c(CC(F)(F)F)coc12.[2HH]. The molecule has 2 heterocycles. The van der Waals surface area contributed by atoms with Crippen LogP contribution in [0.4, 0.5) is 35.1 Å². The lowest BCUT2D eigenvalue weighted by atomic mass is 10.0. The van der Waals surface area contributed by atoms with Crippen molar-refractivity contribution in [1.82, 2.24) is 0 Å². The first-order chi connectivity index (χ1) is 16.2. The first kappa shape index (κ1) is 29.1. The first-order valence-corrected chi connectivity index (χ1v) is 10.3. The summed E-state index contributed by atoms with van der Waals surface area (Å²) in [6.45, 7) is 0. The Hall–Kier alpha value is -3.09. The van der Waals surface area contributed by atoms with Crippen molar-refractivity contribution < 1.29 is 54.9 Å². The van der Waals surface area contributed by atoms with Gasteiger partial charge < -0.3 is 13.6 Å². The van der Waals surface area contributed by atoms with Crippen molar-refractivity contribution in [2.45, 2.75) is 32.6 Å². The number of furan rings is 2. The van der Waals surface area contributed by atoms with Crippen molar-refractivity contribution in [1.29, 1.82) is 0 Å². The molecule has 0 radical (unpaired) electrons. The molecule has 0 unspecified atom stereocenters. The predicted molar refractivity (Wildman–Crippen MR) is 120 cm³/mol. The Balaban J connectivity index is 0.000000355. The summed E-state index contributed by atoms with van der Waals surface area (Å²) in [5.41, 5.74) is -1.08. The third-order valence-corrected chi connectivity index (χ3v) is 5.30. The van der Waals surface area contributed by atoms with Gasteiger partial charge in [-0.25, -0.2) is 13.6 Å². The molecular weight excluding hydrogens is 572 g/mol. The minimum Gasteiger partial charge on any atom is -0.465 e. The summed E-state index contributed by atoms with van der Waals surface area (Å²) in [7, 11) is 1.08. The van der Waals surface area contributed by atoms with E-state index in [1.807, 2.05) is 0 Å². The highest BCUT2D eigenvalue weighted by molar-refractivity contribution is 9.10. The van der Waals surface area contributed by atoms with Gasteiger partial charge in [-0.15, -0.1) is 0 Å². The number of halogens is 9. The lowest BCUT2D eigenvalue weighted by Gasteiger charge is -2.06. The Bertz CT molecular complexity index is 1380. The molecule has 13 heteroatoms. The van der Waals surface area contributed by atoms with Gasteiger partial charge in [-0.2, -0.15) is 26.3 Å². The van der Waals surface area contributed by atoms with Crippen molar-refractivity contribution in [2.24, 2.45) is 0 Å². The van der Waals surface area contributed by atoms with E-state index in [0.717, 1.165) is 37.8 Å². The number of hydrogen-bond acceptors (Lipinski definition) is 4. The maximum atomic E-state index is 13.5. The molecule has 0 atom stereocenters. The van der Waals surface area contributed by atoms with Crippen LogP contribution in [0.3, 0.4) is 0 Å². The van der Waals surface area contributed by atoms with Crippen LogP contribution in [0.2, 0.25) is 0 Å². The number of carbonyl (C=O) groups is 1. The fourth-order valence-electron chi connectivity index (χ4n) is 3.29. The largest absolute Gasteiger partial charge is 0.465 e. The molecule has 198 valence electrons. The molecule has 0 fully saturated rings. The second-order valence-corrected chi connectivity index (χ2v) is 7.98. The Morgan fingerprint density at radius 2 is 1.31 bits per heavy atom. The summed E-state index contributed by atoms with van der Waals surface area (Å²) >= 11 is 3.07. The summed E-state index contributed by atoms with van der Waals surface area (Å²) in [6, 6.07) is 4.49. The Morgan fingerprint density at radius 1 is 0.861 bits per heavy atom. The highest BCUT2D eigenvalue weighted by Gasteiger charge is 2.32. The average Bonchev–Trinajstić information content (AvgIpc) is 3.35. The van der Waals surface area contributed by atoms with Crippen LogP contribution in [0.1, 0.15) is 30.3 Å². The molecule has 2 aromatic heterocycles. The summed E-state index contributed by atoms with van der Waals surface area (Å²) in [4.78, 5) is 11.5. The first-order valence-electron chi connectivity index (χ1n) is 9.46. The molecule has 36 heavy (non-hydrogen) atoms. The van der Waals surface area contributed by atoms with Gasteiger partial charge in [0, 0.05) is 27.8 Å². The van der Waals surface area contributed by atoms with Crippen molar-refractivity contribution in [3.63, 3.8) is 0 Å². The van der Waals surface area contributed by atoms with Gasteiger partial charge in [-0.3, -0.25) is 0 Å². The zero-order chi connectivity index (χ0) is 26.1. The quantitative estimate of drug-likeness (QED) is 0.176. The molecule has 4 nitrogen and oxygen atoms in total. The van der Waals surface area contributed by atoms with Crippen LogP contribution < -0.4 is 0 Å². The van der Waals surface area contributed by atoms with Crippen molar-refractivity contribution in [3.8, 4) is 0 Å². The Labute approximate surface area is 208 Å². The maximum Gasteiger partial charge on any atom is 0.393 e. The van der Waals surface area contributed by atoms with Crippen LogP contribution in [0.25, 0.3) is 21.9 Å². The standard InChI is InChI=1S/C12H8F4O3.C10H5BrF4O.CH4.H2/c1-18-11(17)7-2-3-8(13)10-9(7)6(5-19-10)4-12(14,15)16;11-6-1-2-7(12)9-8(6)5(4-16-9)3-10(13,14)15;;/h2-3,5H,4H2,1H3;1-2,4H,3H2;1H4;1H/i;;;1+1. The third-order valence-electron chi connectivity index (χ3n) is 4.64. The zero-order valence-electron chi connectivity index (χ0n) is 17.4. The predicted octanol–water partition coefficient (Wildman–Crippen LogP) is 8.78. The molecule has 0 aliphatic carbocycles. The number of rotatable bonds is 3. The number of ether oxygens (including phenoxy) is 1. The van der Waals surface area contributed by atoms with E-state index in [1.54, 1.807) is 0 Å². The Kier molecular flexibility index (Phi) is 8.82. The van der Waals surface area contributed by atoms with E-state index in [2.05, 4.69) is 20.7 Å². The second kappa shape index (κ2) is 10.9. The fraction of sp³-hybridized carbons (Fsp3) is 0.261. The molecular formula is C23H19BrF8O4. The van der Waals surface area contributed by atoms with E-state index in [-0.39, 0.29) is 47.5 Å². The number of methoxy groups -OCH3 is 1. The third kappa shape index (κ3) is 6.56. The van der Waals surface area contributed by atoms with Crippen LogP contribution in [0.5, 0.6) is 0 Å². The van der Waals surface area contributed by atoms with Crippen molar-refractivity contribution >= 4 is 43.8 Å². The molecule has 4 aromatic rings. The molecule has 4 rings (SSSR count). The Morgan fingerprint density at radius 3 is 1.78 bits per heavy atom. The molecule has 0 N–H and O–H groups in total. The molecule has 0 saturated carbocycles. The summed E-state index contributed by atoms with van der Waals surface area (Å²) in [6.07, 6.45) is -9.55. The highest BCUT2D eigenvalue weighted by atomic mass is 79.9. The molecule has 2 aromatic carbocycles. The van der Waals surface area contributed by atoms with Gasteiger partial charge in [0.25, 0.3) is 0 Å². The highest BCUT2D eigenvalue weighted by Crippen LogP contribution is 2.35. The molecule has 0 aliphatic heterocycles. The topological polar surface area (TPSA) is 52.6 Å². The zero-order valence-corrected chi connectivity index (χ0v) is 19.0.